The van der Waals surface area contributed by atoms with Crippen LogP contribution in [0.1, 0.15) is 38.5 Å². The molecule has 2 atom stereocenters. The first-order valence-electron chi connectivity index (χ1n) is 6.41. The molecule has 0 saturated carbocycles. The number of fused-ring (bicyclic) bond motifs is 2. The van der Waals surface area contributed by atoms with Gasteiger partial charge in [-0.05, 0) is 32.1 Å². The Labute approximate surface area is 116 Å². The van der Waals surface area contributed by atoms with Crippen molar-refractivity contribution < 1.29 is 21.6 Å². The van der Waals surface area contributed by atoms with Gasteiger partial charge in [-0.25, -0.2) is 8.42 Å². The van der Waals surface area contributed by atoms with Crippen LogP contribution in [-0.2, 0) is 10.0 Å². The van der Waals surface area contributed by atoms with Gasteiger partial charge in [-0.15, -0.1) is 11.6 Å². The quantitative estimate of drug-likeness (QED) is 0.747. The van der Waals surface area contributed by atoms with E-state index in [4.69, 9.17) is 11.6 Å². The summed E-state index contributed by atoms with van der Waals surface area (Å²) in [5.74, 6) is -0.424. The summed E-state index contributed by atoms with van der Waals surface area (Å²) in [6.07, 6.45) is -2.96. The summed E-state index contributed by atoms with van der Waals surface area (Å²) in [5.41, 5.74) is 0. The second kappa shape index (κ2) is 5.41. The van der Waals surface area contributed by atoms with E-state index < -0.39 is 28.4 Å². The fraction of sp³-hybridized carbons (Fsp3) is 1.00. The number of halogens is 4. The maximum absolute atomic E-state index is 12.2. The largest absolute Gasteiger partial charge is 0.389 e. The number of rotatable bonds is 4. The normalized spacial score (nSPS) is 32.7. The maximum atomic E-state index is 12.2. The lowest BCUT2D eigenvalue weighted by molar-refractivity contribution is -0.134. The third-order valence-corrected chi connectivity index (χ3v) is 6.19. The second-order valence-electron chi connectivity index (χ2n) is 5.32. The van der Waals surface area contributed by atoms with Crippen LogP contribution in [0, 0.1) is 0 Å². The third-order valence-electron chi connectivity index (χ3n) is 3.79. The number of sulfonamides is 1. The number of alkyl halides is 4. The van der Waals surface area contributed by atoms with Gasteiger partial charge in [0.1, 0.15) is 0 Å². The van der Waals surface area contributed by atoms with Gasteiger partial charge in [0, 0.05) is 23.9 Å². The van der Waals surface area contributed by atoms with Crippen molar-refractivity contribution in [3.63, 3.8) is 0 Å². The van der Waals surface area contributed by atoms with Crippen LogP contribution in [0.15, 0.2) is 0 Å². The molecule has 2 rings (SSSR count). The van der Waals surface area contributed by atoms with Crippen molar-refractivity contribution in [1.82, 2.24) is 4.31 Å². The highest BCUT2D eigenvalue weighted by Crippen LogP contribution is 2.40. The third kappa shape index (κ3) is 3.76. The molecule has 0 spiro atoms. The number of piperidine rings is 1. The molecule has 2 unspecified atom stereocenters. The molecule has 0 radical (unpaired) electrons. The van der Waals surface area contributed by atoms with Crippen molar-refractivity contribution >= 4 is 21.6 Å². The summed E-state index contributed by atoms with van der Waals surface area (Å²) in [7, 11) is -3.59. The standard InChI is InChI=1S/C11H17ClF3NO2S/c12-8-6-9-2-3-10(7-8)16(9)19(17,18)5-1-4-11(13,14)15/h8-10H,1-7H2. The molecule has 2 saturated heterocycles. The molecule has 0 aromatic heterocycles. The van der Waals surface area contributed by atoms with Crippen LogP contribution in [0.3, 0.4) is 0 Å². The monoisotopic (exact) mass is 319 g/mol. The molecule has 3 nitrogen and oxygen atoms in total. The van der Waals surface area contributed by atoms with Crippen LogP contribution < -0.4 is 0 Å². The van der Waals surface area contributed by atoms with Gasteiger partial charge in [-0.1, -0.05) is 0 Å². The first-order valence-corrected chi connectivity index (χ1v) is 8.45. The summed E-state index contributed by atoms with van der Waals surface area (Å²) in [6, 6.07) is -0.228. The number of hydrogen-bond donors (Lipinski definition) is 0. The van der Waals surface area contributed by atoms with Crippen LogP contribution in [0.4, 0.5) is 13.2 Å². The predicted molar refractivity (Wildman–Crippen MR) is 66.6 cm³/mol. The smallest absolute Gasteiger partial charge is 0.212 e. The molecule has 2 aliphatic heterocycles. The van der Waals surface area contributed by atoms with Gasteiger partial charge in [-0.2, -0.15) is 17.5 Å². The molecule has 2 heterocycles. The molecule has 8 heteroatoms. The zero-order chi connectivity index (χ0) is 14.3. The molecule has 0 aliphatic carbocycles. The average Bonchev–Trinajstić information content (AvgIpc) is 2.50. The average molecular weight is 320 g/mol. The molecule has 2 fully saturated rings. The minimum Gasteiger partial charge on any atom is -0.212 e. The summed E-state index contributed by atoms with van der Waals surface area (Å²) in [6.45, 7) is 0. The van der Waals surface area contributed by atoms with Crippen molar-refractivity contribution in [2.75, 3.05) is 5.75 Å². The lowest BCUT2D eigenvalue weighted by Gasteiger charge is -2.35. The summed E-state index contributed by atoms with van der Waals surface area (Å²) < 4.78 is 61.9. The molecule has 2 bridgehead atoms. The van der Waals surface area contributed by atoms with Crippen molar-refractivity contribution in [3.05, 3.63) is 0 Å². The molecule has 19 heavy (non-hydrogen) atoms. The van der Waals surface area contributed by atoms with Crippen LogP contribution in [-0.4, -0.2) is 42.1 Å². The highest BCUT2D eigenvalue weighted by Gasteiger charge is 2.46. The fourth-order valence-electron chi connectivity index (χ4n) is 3.08. The molecule has 0 amide bonds. The maximum Gasteiger partial charge on any atom is 0.389 e. The summed E-state index contributed by atoms with van der Waals surface area (Å²) in [5, 5.41) is -0.0147. The highest BCUT2D eigenvalue weighted by atomic mass is 35.5. The van der Waals surface area contributed by atoms with E-state index in [-0.39, 0.29) is 23.9 Å². The number of nitrogens with zero attached hydrogens (tertiary/aromatic N) is 1. The van der Waals surface area contributed by atoms with E-state index in [1.165, 1.54) is 4.31 Å². The molecular weight excluding hydrogens is 303 g/mol. The van der Waals surface area contributed by atoms with Gasteiger partial charge < -0.3 is 0 Å². The first-order chi connectivity index (χ1) is 8.69. The van der Waals surface area contributed by atoms with Crippen molar-refractivity contribution in [3.8, 4) is 0 Å². The predicted octanol–water partition coefficient (Wildman–Crippen LogP) is 2.89. The Kier molecular flexibility index (Phi) is 4.38. The summed E-state index contributed by atoms with van der Waals surface area (Å²) in [4.78, 5) is 0. The zero-order valence-corrected chi connectivity index (χ0v) is 11.9. The SMILES string of the molecule is O=S(=O)(CCCC(F)(F)F)N1C2CCC1CC(Cl)C2. The van der Waals surface area contributed by atoms with Crippen LogP contribution in [0.25, 0.3) is 0 Å². The van der Waals surface area contributed by atoms with Crippen LogP contribution in [0.2, 0.25) is 0 Å². The van der Waals surface area contributed by atoms with Gasteiger partial charge in [0.25, 0.3) is 0 Å². The Balaban J connectivity index is 1.97. The fourth-order valence-corrected chi connectivity index (χ4v) is 5.50. The lowest BCUT2D eigenvalue weighted by atomic mass is 10.1. The van der Waals surface area contributed by atoms with Gasteiger partial charge in [0.05, 0.1) is 5.75 Å². The Bertz CT molecular complexity index is 412. The van der Waals surface area contributed by atoms with E-state index in [1.807, 2.05) is 0 Å². The minimum absolute atomic E-state index is 0.0147. The van der Waals surface area contributed by atoms with E-state index in [1.54, 1.807) is 0 Å². The Morgan fingerprint density at radius 2 is 1.68 bits per heavy atom. The lowest BCUT2D eigenvalue weighted by Crippen LogP contribution is -2.47. The van der Waals surface area contributed by atoms with Gasteiger partial charge in [0.15, 0.2) is 0 Å². The molecule has 0 N–H and O–H groups in total. The van der Waals surface area contributed by atoms with E-state index >= 15 is 0 Å². The molecule has 112 valence electrons. The van der Waals surface area contributed by atoms with Gasteiger partial charge in [-0.3, -0.25) is 0 Å². The molecule has 0 aromatic carbocycles. The van der Waals surface area contributed by atoms with Crippen molar-refractivity contribution in [1.29, 1.82) is 0 Å². The van der Waals surface area contributed by atoms with Gasteiger partial charge in [0.2, 0.25) is 10.0 Å². The molecular formula is C11H17ClF3NO2S. The Hall–Kier alpha value is -0.0100. The zero-order valence-electron chi connectivity index (χ0n) is 10.4. The van der Waals surface area contributed by atoms with Crippen molar-refractivity contribution in [2.45, 2.75) is 62.2 Å². The number of hydrogen-bond acceptors (Lipinski definition) is 2. The van der Waals surface area contributed by atoms with Crippen LogP contribution >= 0.6 is 11.6 Å². The highest BCUT2D eigenvalue weighted by molar-refractivity contribution is 7.89. The van der Waals surface area contributed by atoms with Gasteiger partial charge >= 0.3 is 6.18 Å². The van der Waals surface area contributed by atoms with E-state index in [9.17, 15) is 21.6 Å². The second-order valence-corrected chi connectivity index (χ2v) is 7.93. The molecule has 2 aliphatic rings. The van der Waals surface area contributed by atoms with E-state index in [2.05, 4.69) is 0 Å². The Morgan fingerprint density at radius 3 is 2.16 bits per heavy atom. The molecule has 0 aromatic rings. The topological polar surface area (TPSA) is 37.4 Å². The summed E-state index contributed by atoms with van der Waals surface area (Å²) >= 11 is 6.06. The Morgan fingerprint density at radius 1 is 1.16 bits per heavy atom. The van der Waals surface area contributed by atoms with Crippen molar-refractivity contribution in [2.24, 2.45) is 0 Å². The minimum atomic E-state index is -4.29. The van der Waals surface area contributed by atoms with E-state index in [0.29, 0.717) is 12.8 Å². The van der Waals surface area contributed by atoms with E-state index in [0.717, 1.165) is 12.8 Å². The first kappa shape index (κ1) is 15.4. The van der Waals surface area contributed by atoms with Crippen LogP contribution in [0.5, 0.6) is 0 Å².